The Kier molecular flexibility index (Phi) is 10.2. The van der Waals surface area contributed by atoms with Crippen LogP contribution >= 0.6 is 0 Å². The molecule has 0 saturated heterocycles. The zero-order valence-electron chi connectivity index (χ0n) is 16.1. The van der Waals surface area contributed by atoms with Crippen LogP contribution in [0.4, 0.5) is 0 Å². The molecule has 0 aliphatic carbocycles. The molecule has 0 radical (unpaired) electrons. The van der Waals surface area contributed by atoms with Crippen LogP contribution in [0.2, 0.25) is 0 Å². The lowest BCUT2D eigenvalue weighted by molar-refractivity contribution is -0.855. The summed E-state index contributed by atoms with van der Waals surface area (Å²) in [6.45, 7) is 3.35. The third-order valence-corrected chi connectivity index (χ3v) is 4.95. The van der Waals surface area contributed by atoms with Crippen LogP contribution in [-0.4, -0.2) is 6.54 Å². The highest BCUT2D eigenvalue weighted by molar-refractivity contribution is 5.63. The molecular weight excluding hydrogens is 306 g/mol. The van der Waals surface area contributed by atoms with E-state index in [1.807, 2.05) is 6.07 Å². The third-order valence-electron chi connectivity index (χ3n) is 4.95. The maximum atomic E-state index is 4.33. The standard InChI is InChI=1S/C22H35N3/c1-2-3-4-5-6-7-8-9-10-11-12-16-19-25-20-22(23-24-25)21-17-14-13-15-18-21/h13-15,17-18,20H,2-12,16,19H2,1H3/p+1. The molecule has 0 aromatic heterocycles. The maximum absolute atomic E-state index is 4.33. The Bertz CT molecular complexity index is 507. The lowest BCUT2D eigenvalue weighted by atomic mass is 10.1. The third kappa shape index (κ3) is 8.44. The average molecular weight is 343 g/mol. The SMILES string of the molecule is CCCCCCCCCCCCCC[NH+]1C=C(c2ccccc2)N=N1. The van der Waals surface area contributed by atoms with E-state index < -0.39 is 0 Å². The van der Waals surface area contributed by atoms with Crippen molar-refractivity contribution in [2.24, 2.45) is 10.3 Å². The van der Waals surface area contributed by atoms with Crippen molar-refractivity contribution in [1.82, 2.24) is 0 Å². The van der Waals surface area contributed by atoms with E-state index in [-0.39, 0.29) is 0 Å². The van der Waals surface area contributed by atoms with Crippen LogP contribution in [0.3, 0.4) is 0 Å². The van der Waals surface area contributed by atoms with Gasteiger partial charge in [0.25, 0.3) is 0 Å². The van der Waals surface area contributed by atoms with Gasteiger partial charge < -0.3 is 0 Å². The number of hydrogen-bond donors (Lipinski definition) is 1. The van der Waals surface area contributed by atoms with Crippen molar-refractivity contribution in [2.45, 2.75) is 84.0 Å². The molecule has 1 N–H and O–H groups in total. The van der Waals surface area contributed by atoms with Gasteiger partial charge in [-0.05, 0) is 12.8 Å². The fourth-order valence-corrected chi connectivity index (χ4v) is 3.35. The summed E-state index contributed by atoms with van der Waals surface area (Å²) in [6.07, 6.45) is 18.9. The molecular formula is C22H36N3+. The first-order valence-electron chi connectivity index (χ1n) is 10.4. The van der Waals surface area contributed by atoms with Crippen molar-refractivity contribution < 1.29 is 5.01 Å². The second-order valence-corrected chi connectivity index (χ2v) is 7.23. The smallest absolute Gasteiger partial charge is 0.153 e. The fourth-order valence-electron chi connectivity index (χ4n) is 3.35. The van der Waals surface area contributed by atoms with E-state index in [0.29, 0.717) is 0 Å². The first kappa shape index (κ1) is 19.8. The van der Waals surface area contributed by atoms with Gasteiger partial charge in [-0.15, -0.1) is 0 Å². The van der Waals surface area contributed by atoms with Crippen molar-refractivity contribution in [1.29, 1.82) is 0 Å². The van der Waals surface area contributed by atoms with Gasteiger partial charge in [-0.2, -0.15) is 5.01 Å². The van der Waals surface area contributed by atoms with Gasteiger partial charge in [0.2, 0.25) is 0 Å². The number of quaternary nitrogens is 1. The second-order valence-electron chi connectivity index (χ2n) is 7.23. The molecule has 0 bridgehead atoms. The molecule has 3 heteroatoms. The molecule has 1 aliphatic rings. The molecule has 0 fully saturated rings. The number of unbranched alkanes of at least 4 members (excludes halogenated alkanes) is 11. The number of benzene rings is 1. The quantitative estimate of drug-likeness (QED) is 0.405. The molecule has 0 amide bonds. The van der Waals surface area contributed by atoms with Crippen molar-refractivity contribution in [2.75, 3.05) is 6.54 Å². The molecule has 2 rings (SSSR count). The molecule has 1 aliphatic heterocycles. The van der Waals surface area contributed by atoms with Gasteiger partial charge in [-0.3, -0.25) is 0 Å². The predicted molar refractivity (Wildman–Crippen MR) is 106 cm³/mol. The summed E-state index contributed by atoms with van der Waals surface area (Å²) in [6, 6.07) is 10.3. The Morgan fingerprint density at radius 3 is 1.88 bits per heavy atom. The Hall–Kier alpha value is -1.48. The van der Waals surface area contributed by atoms with Crippen LogP contribution in [0, 0.1) is 0 Å². The molecule has 1 aromatic carbocycles. The largest absolute Gasteiger partial charge is 0.162 e. The molecule has 1 atom stereocenters. The summed E-state index contributed by atoms with van der Waals surface area (Å²) >= 11 is 0. The van der Waals surface area contributed by atoms with E-state index in [1.54, 1.807) is 0 Å². The lowest BCUT2D eigenvalue weighted by Crippen LogP contribution is -3.01. The zero-order valence-corrected chi connectivity index (χ0v) is 16.1. The van der Waals surface area contributed by atoms with Gasteiger partial charge in [0.05, 0.1) is 0 Å². The first-order chi connectivity index (χ1) is 12.4. The van der Waals surface area contributed by atoms with E-state index in [9.17, 15) is 0 Å². The molecule has 3 nitrogen and oxygen atoms in total. The van der Waals surface area contributed by atoms with Gasteiger partial charge in [0, 0.05) is 10.8 Å². The summed E-state index contributed by atoms with van der Waals surface area (Å²) in [5.41, 5.74) is 2.17. The molecule has 138 valence electrons. The summed E-state index contributed by atoms with van der Waals surface area (Å²) in [5.74, 6) is 0. The van der Waals surface area contributed by atoms with Crippen LogP contribution in [0.25, 0.3) is 5.70 Å². The molecule has 0 saturated carbocycles. The van der Waals surface area contributed by atoms with Crippen LogP contribution in [0.15, 0.2) is 46.9 Å². The minimum atomic E-state index is 1.01. The Morgan fingerprint density at radius 1 is 0.720 bits per heavy atom. The second kappa shape index (κ2) is 12.8. The predicted octanol–water partition coefficient (Wildman–Crippen LogP) is 5.95. The van der Waals surface area contributed by atoms with Crippen molar-refractivity contribution in [3.63, 3.8) is 0 Å². The van der Waals surface area contributed by atoms with Gasteiger partial charge in [-0.25, -0.2) is 0 Å². The van der Waals surface area contributed by atoms with Gasteiger partial charge >= 0.3 is 0 Å². The minimum Gasteiger partial charge on any atom is -0.162 e. The zero-order chi connectivity index (χ0) is 17.6. The molecule has 25 heavy (non-hydrogen) atoms. The Labute approximate surface area is 154 Å². The molecule has 1 heterocycles. The van der Waals surface area contributed by atoms with Gasteiger partial charge in [0.15, 0.2) is 11.9 Å². The highest BCUT2D eigenvalue weighted by atomic mass is 15.6. The van der Waals surface area contributed by atoms with E-state index >= 15 is 0 Å². The number of nitrogens with zero attached hydrogens (tertiary/aromatic N) is 2. The Balaban J connectivity index is 1.43. The molecule has 0 spiro atoms. The summed E-state index contributed by atoms with van der Waals surface area (Å²) in [4.78, 5) is 0. The fraction of sp³-hybridized carbons (Fsp3) is 0.636. The van der Waals surface area contributed by atoms with Crippen molar-refractivity contribution in [3.05, 3.63) is 42.1 Å². The topological polar surface area (TPSA) is 29.2 Å². The van der Waals surface area contributed by atoms with Crippen LogP contribution in [0.1, 0.15) is 89.5 Å². The minimum absolute atomic E-state index is 1.01. The highest BCUT2D eigenvalue weighted by Crippen LogP contribution is 2.16. The average Bonchev–Trinajstić information content (AvgIpc) is 3.12. The number of nitrogens with one attached hydrogen (secondary N) is 1. The monoisotopic (exact) mass is 342 g/mol. The van der Waals surface area contributed by atoms with E-state index in [0.717, 1.165) is 22.8 Å². The van der Waals surface area contributed by atoms with E-state index in [2.05, 4.69) is 47.7 Å². The normalized spacial score (nSPS) is 16.4. The number of hydrogen-bond acceptors (Lipinski definition) is 2. The van der Waals surface area contributed by atoms with Gasteiger partial charge in [0.1, 0.15) is 6.54 Å². The van der Waals surface area contributed by atoms with Crippen LogP contribution < -0.4 is 5.01 Å². The maximum Gasteiger partial charge on any atom is 0.153 e. The van der Waals surface area contributed by atoms with E-state index in [1.165, 1.54) is 77.0 Å². The van der Waals surface area contributed by atoms with Crippen molar-refractivity contribution >= 4 is 5.70 Å². The van der Waals surface area contributed by atoms with Crippen LogP contribution in [0.5, 0.6) is 0 Å². The summed E-state index contributed by atoms with van der Waals surface area (Å²) < 4.78 is 0. The lowest BCUT2D eigenvalue weighted by Gasteiger charge is -2.04. The summed E-state index contributed by atoms with van der Waals surface area (Å²) in [5, 5.41) is 9.79. The first-order valence-corrected chi connectivity index (χ1v) is 10.4. The van der Waals surface area contributed by atoms with Crippen LogP contribution in [-0.2, 0) is 0 Å². The molecule has 1 aromatic rings. The molecule has 1 unspecified atom stereocenters. The van der Waals surface area contributed by atoms with E-state index in [4.69, 9.17) is 0 Å². The van der Waals surface area contributed by atoms with Gasteiger partial charge in [-0.1, -0.05) is 107 Å². The highest BCUT2D eigenvalue weighted by Gasteiger charge is 2.15. The van der Waals surface area contributed by atoms with Crippen molar-refractivity contribution in [3.8, 4) is 0 Å². The Morgan fingerprint density at radius 2 is 1.28 bits per heavy atom. The summed E-state index contributed by atoms with van der Waals surface area (Å²) in [7, 11) is 0. The number of rotatable bonds is 14.